The molecule has 4 aromatic rings. The van der Waals surface area contributed by atoms with E-state index in [1.165, 1.54) is 6.07 Å². The van der Waals surface area contributed by atoms with Crippen molar-refractivity contribution in [3.63, 3.8) is 0 Å². The van der Waals surface area contributed by atoms with Crippen molar-refractivity contribution in [2.45, 2.75) is 4.90 Å². The lowest BCUT2D eigenvalue weighted by molar-refractivity contribution is 0.415. The quantitative estimate of drug-likeness (QED) is 0.458. The molecule has 0 aliphatic rings. The van der Waals surface area contributed by atoms with Crippen LogP contribution >= 0.6 is 22.9 Å². The molecule has 1 N–H and O–H groups in total. The highest BCUT2D eigenvalue weighted by Crippen LogP contribution is 2.33. The normalized spacial score (nSPS) is 11.5. The Morgan fingerprint density at radius 3 is 2.50 bits per heavy atom. The topological polar surface area (TPSA) is 68.3 Å². The second kappa shape index (κ2) is 7.43. The maximum absolute atomic E-state index is 12.5. The number of halogens is 1. The van der Waals surface area contributed by atoms with E-state index in [0.717, 1.165) is 26.5 Å². The Morgan fingerprint density at radius 1 is 1.04 bits per heavy atom. The molecule has 0 saturated heterocycles. The third kappa shape index (κ3) is 3.69. The molecule has 0 radical (unpaired) electrons. The van der Waals surface area contributed by atoms with Crippen LogP contribution in [0.4, 0.5) is 5.69 Å². The van der Waals surface area contributed by atoms with Crippen molar-refractivity contribution in [3.8, 4) is 16.3 Å². The van der Waals surface area contributed by atoms with Crippen LogP contribution in [0.15, 0.2) is 71.6 Å². The van der Waals surface area contributed by atoms with Crippen molar-refractivity contribution in [2.75, 3.05) is 11.8 Å². The summed E-state index contributed by atoms with van der Waals surface area (Å²) < 4.78 is 33.9. The minimum absolute atomic E-state index is 0.0425. The molecule has 142 valence electrons. The number of nitrogens with zero attached hydrogens (tertiary/aromatic N) is 1. The van der Waals surface area contributed by atoms with Crippen LogP contribution in [-0.4, -0.2) is 20.5 Å². The summed E-state index contributed by atoms with van der Waals surface area (Å²) in [6, 6.07) is 19.1. The number of anilines is 1. The van der Waals surface area contributed by atoms with E-state index in [2.05, 4.69) is 9.71 Å². The fraction of sp³-hybridized carbons (Fsp3) is 0.0500. The Labute approximate surface area is 171 Å². The van der Waals surface area contributed by atoms with Crippen LogP contribution in [0.5, 0.6) is 5.75 Å². The van der Waals surface area contributed by atoms with Gasteiger partial charge in [0.05, 0.1) is 22.3 Å². The van der Waals surface area contributed by atoms with E-state index in [1.54, 1.807) is 48.8 Å². The molecular weight excluding hydrogens is 416 g/mol. The lowest BCUT2D eigenvalue weighted by Crippen LogP contribution is -2.13. The third-order valence-electron chi connectivity index (χ3n) is 4.11. The second-order valence-corrected chi connectivity index (χ2v) is 9.05. The summed E-state index contributed by atoms with van der Waals surface area (Å²) in [7, 11) is -2.13. The van der Waals surface area contributed by atoms with Gasteiger partial charge < -0.3 is 4.74 Å². The molecule has 0 aliphatic heterocycles. The first kappa shape index (κ1) is 18.7. The fourth-order valence-corrected chi connectivity index (χ4v) is 5.29. The summed E-state index contributed by atoms with van der Waals surface area (Å²) in [4.78, 5) is 4.67. The lowest BCUT2D eigenvalue weighted by Gasteiger charge is -2.09. The van der Waals surface area contributed by atoms with Crippen LogP contribution in [0.25, 0.3) is 20.8 Å². The zero-order valence-corrected chi connectivity index (χ0v) is 17.1. The van der Waals surface area contributed by atoms with Crippen molar-refractivity contribution in [1.29, 1.82) is 0 Å². The van der Waals surface area contributed by atoms with Gasteiger partial charge in [0.2, 0.25) is 0 Å². The molecule has 4 rings (SSSR count). The number of sulfonamides is 1. The van der Waals surface area contributed by atoms with Crippen LogP contribution in [0.3, 0.4) is 0 Å². The number of benzene rings is 3. The van der Waals surface area contributed by atoms with E-state index in [4.69, 9.17) is 16.3 Å². The van der Waals surface area contributed by atoms with E-state index in [-0.39, 0.29) is 9.92 Å². The summed E-state index contributed by atoms with van der Waals surface area (Å²) in [5.41, 5.74) is 2.25. The molecule has 0 fully saturated rings. The monoisotopic (exact) mass is 430 g/mol. The third-order valence-corrected chi connectivity index (χ3v) is 7.05. The summed E-state index contributed by atoms with van der Waals surface area (Å²) in [6.07, 6.45) is 0. The van der Waals surface area contributed by atoms with Crippen molar-refractivity contribution in [1.82, 2.24) is 4.98 Å². The van der Waals surface area contributed by atoms with Crippen LogP contribution < -0.4 is 9.46 Å². The summed E-state index contributed by atoms with van der Waals surface area (Å²) in [5.74, 6) is 0.784. The SMILES string of the molecule is COc1ccc2nc(-c3ccc(NS(=O)(=O)c4ccccc4Cl)cc3)sc2c1. The van der Waals surface area contributed by atoms with Gasteiger partial charge in [0, 0.05) is 11.3 Å². The van der Waals surface area contributed by atoms with Crippen LogP contribution in [-0.2, 0) is 10.0 Å². The predicted octanol–water partition coefficient (Wildman–Crippen LogP) is 5.43. The zero-order valence-electron chi connectivity index (χ0n) is 14.7. The minimum atomic E-state index is -3.76. The van der Waals surface area contributed by atoms with Gasteiger partial charge in [-0.25, -0.2) is 13.4 Å². The maximum atomic E-state index is 12.5. The molecule has 8 heteroatoms. The number of rotatable bonds is 5. The number of ether oxygens (including phenoxy) is 1. The van der Waals surface area contributed by atoms with Crippen LogP contribution in [0, 0.1) is 0 Å². The number of methoxy groups -OCH3 is 1. The summed E-state index contributed by atoms with van der Waals surface area (Å²) in [6.45, 7) is 0. The number of aromatic nitrogens is 1. The highest BCUT2D eigenvalue weighted by Gasteiger charge is 2.17. The van der Waals surface area contributed by atoms with Crippen LogP contribution in [0.2, 0.25) is 5.02 Å². The smallest absolute Gasteiger partial charge is 0.263 e. The number of nitrogens with one attached hydrogen (secondary N) is 1. The van der Waals surface area contributed by atoms with Crippen molar-refractivity contribution < 1.29 is 13.2 Å². The average Bonchev–Trinajstić information content (AvgIpc) is 3.11. The van der Waals surface area contributed by atoms with Gasteiger partial charge >= 0.3 is 0 Å². The summed E-state index contributed by atoms with van der Waals surface area (Å²) >= 11 is 7.56. The number of hydrogen-bond acceptors (Lipinski definition) is 5. The molecule has 0 amide bonds. The van der Waals surface area contributed by atoms with Crippen molar-refractivity contribution in [2.24, 2.45) is 0 Å². The van der Waals surface area contributed by atoms with Gasteiger partial charge in [-0.05, 0) is 54.6 Å². The molecule has 0 unspecified atom stereocenters. The maximum Gasteiger partial charge on any atom is 0.263 e. The Morgan fingerprint density at radius 2 is 1.79 bits per heavy atom. The second-order valence-electron chi connectivity index (χ2n) is 5.97. The molecule has 28 heavy (non-hydrogen) atoms. The Bertz CT molecular complexity index is 1250. The standard InChI is InChI=1S/C20H15ClN2O3S2/c1-26-15-10-11-17-18(12-15)27-20(22-17)13-6-8-14(9-7-13)23-28(24,25)19-5-3-2-4-16(19)21/h2-12,23H,1H3. The highest BCUT2D eigenvalue weighted by molar-refractivity contribution is 7.92. The van der Waals surface area contributed by atoms with E-state index in [0.29, 0.717) is 5.69 Å². The van der Waals surface area contributed by atoms with Gasteiger partial charge in [0.1, 0.15) is 15.7 Å². The Balaban J connectivity index is 1.60. The molecule has 1 aromatic heterocycles. The van der Waals surface area contributed by atoms with E-state index < -0.39 is 10.0 Å². The van der Waals surface area contributed by atoms with E-state index in [1.807, 2.05) is 30.3 Å². The molecule has 0 saturated carbocycles. The average molecular weight is 431 g/mol. The molecule has 0 atom stereocenters. The van der Waals surface area contributed by atoms with Gasteiger partial charge in [-0.2, -0.15) is 0 Å². The Hall–Kier alpha value is -2.61. The van der Waals surface area contributed by atoms with E-state index in [9.17, 15) is 8.42 Å². The zero-order chi connectivity index (χ0) is 19.7. The fourth-order valence-electron chi connectivity index (χ4n) is 2.71. The largest absolute Gasteiger partial charge is 0.497 e. The molecule has 1 heterocycles. The first-order valence-corrected chi connectivity index (χ1v) is 11.0. The van der Waals surface area contributed by atoms with E-state index >= 15 is 0 Å². The number of fused-ring (bicyclic) bond motifs is 1. The molecule has 0 spiro atoms. The minimum Gasteiger partial charge on any atom is -0.497 e. The molecule has 3 aromatic carbocycles. The summed E-state index contributed by atoms with van der Waals surface area (Å²) in [5, 5.41) is 1.03. The first-order valence-electron chi connectivity index (χ1n) is 8.29. The predicted molar refractivity (Wildman–Crippen MR) is 114 cm³/mol. The number of hydrogen-bond donors (Lipinski definition) is 1. The van der Waals surface area contributed by atoms with Gasteiger partial charge in [0.25, 0.3) is 10.0 Å². The van der Waals surface area contributed by atoms with Gasteiger partial charge in [0.15, 0.2) is 0 Å². The molecule has 0 bridgehead atoms. The molecule has 0 aliphatic carbocycles. The number of thiazole rings is 1. The lowest BCUT2D eigenvalue weighted by atomic mass is 10.2. The van der Waals surface area contributed by atoms with Crippen molar-refractivity contribution >= 4 is 48.9 Å². The van der Waals surface area contributed by atoms with Gasteiger partial charge in [-0.15, -0.1) is 11.3 Å². The van der Waals surface area contributed by atoms with Gasteiger partial charge in [-0.3, -0.25) is 4.72 Å². The van der Waals surface area contributed by atoms with Gasteiger partial charge in [-0.1, -0.05) is 23.7 Å². The molecule has 5 nitrogen and oxygen atoms in total. The van der Waals surface area contributed by atoms with Crippen molar-refractivity contribution in [3.05, 3.63) is 71.8 Å². The van der Waals surface area contributed by atoms with Crippen LogP contribution in [0.1, 0.15) is 0 Å². The highest BCUT2D eigenvalue weighted by atomic mass is 35.5. The Kier molecular flexibility index (Phi) is 4.97. The molecular formula is C20H15ClN2O3S2. The first-order chi connectivity index (χ1) is 13.5.